The van der Waals surface area contributed by atoms with Gasteiger partial charge in [-0.05, 0) is 42.0 Å². The van der Waals surface area contributed by atoms with Crippen LogP contribution in [0.3, 0.4) is 0 Å². The molecule has 0 saturated carbocycles. The Bertz CT molecular complexity index is 1000. The Kier molecular flexibility index (Phi) is 5.61. The van der Waals surface area contributed by atoms with Gasteiger partial charge in [-0.2, -0.15) is 0 Å². The average molecular weight is 384 g/mol. The van der Waals surface area contributed by atoms with Crippen molar-refractivity contribution in [3.63, 3.8) is 0 Å². The van der Waals surface area contributed by atoms with Gasteiger partial charge in [0.05, 0.1) is 15.7 Å². The van der Waals surface area contributed by atoms with Gasteiger partial charge in [-0.15, -0.1) is 15.0 Å². The second-order valence-electron chi connectivity index (χ2n) is 5.25. The summed E-state index contributed by atoms with van der Waals surface area (Å²) in [5.41, 5.74) is 3.07. The number of benzene rings is 2. The first-order valence-corrected chi connectivity index (χ1v) is 8.56. The van der Waals surface area contributed by atoms with Crippen LogP contribution < -0.4 is 0 Å². The van der Waals surface area contributed by atoms with Crippen LogP contribution in [0.1, 0.15) is 12.7 Å². The predicted octanol–water partition coefficient (Wildman–Crippen LogP) is 5.14. The lowest BCUT2D eigenvalue weighted by Gasteiger charge is -2.07. The molecule has 0 bridgehead atoms. The fourth-order valence-corrected chi connectivity index (χ4v) is 2.79. The Balaban J connectivity index is 2.00. The highest BCUT2D eigenvalue weighted by molar-refractivity contribution is 6.43. The molecule has 7 heteroatoms. The minimum atomic E-state index is 0.411. The SMILES string of the molecule is C=C/N=C(\C=C/C)c1nnn(-c2cccc(-c3cccc(Cl)c3Cl)c2)n1. The van der Waals surface area contributed by atoms with E-state index < -0.39 is 0 Å². The van der Waals surface area contributed by atoms with Gasteiger partial charge in [0.1, 0.15) is 5.71 Å². The molecule has 2 aromatic carbocycles. The predicted molar refractivity (Wildman–Crippen MR) is 106 cm³/mol. The Morgan fingerprint density at radius 2 is 2.00 bits per heavy atom. The van der Waals surface area contributed by atoms with Gasteiger partial charge in [0.15, 0.2) is 0 Å². The van der Waals surface area contributed by atoms with Crippen molar-refractivity contribution < 1.29 is 0 Å². The second kappa shape index (κ2) is 8.08. The van der Waals surface area contributed by atoms with E-state index in [1.54, 1.807) is 12.1 Å². The summed E-state index contributed by atoms with van der Waals surface area (Å²) < 4.78 is 0. The molecule has 0 saturated heterocycles. The molecular formula is C19H15Cl2N5. The maximum Gasteiger partial charge on any atom is 0.223 e. The maximum atomic E-state index is 6.33. The average Bonchev–Trinajstić information content (AvgIpc) is 3.14. The molecule has 0 aliphatic heterocycles. The highest BCUT2D eigenvalue weighted by Gasteiger charge is 2.11. The van der Waals surface area contributed by atoms with Gasteiger partial charge in [-0.25, -0.2) is 0 Å². The summed E-state index contributed by atoms with van der Waals surface area (Å²) in [5, 5.41) is 13.6. The van der Waals surface area contributed by atoms with Crippen molar-refractivity contribution in [1.29, 1.82) is 0 Å². The largest absolute Gasteiger partial charge is 0.253 e. The molecule has 0 atom stereocenters. The molecular weight excluding hydrogens is 369 g/mol. The number of halogens is 2. The maximum absolute atomic E-state index is 6.33. The van der Waals surface area contributed by atoms with E-state index in [2.05, 4.69) is 27.0 Å². The lowest BCUT2D eigenvalue weighted by molar-refractivity contribution is 0.720. The molecule has 0 radical (unpaired) electrons. The van der Waals surface area contributed by atoms with Crippen LogP contribution in [-0.4, -0.2) is 25.9 Å². The zero-order valence-electron chi connectivity index (χ0n) is 14.0. The first-order chi connectivity index (χ1) is 12.6. The summed E-state index contributed by atoms with van der Waals surface area (Å²) in [4.78, 5) is 5.60. The van der Waals surface area contributed by atoms with Crippen LogP contribution in [0, 0.1) is 0 Å². The third-order valence-corrected chi connectivity index (χ3v) is 4.36. The molecule has 1 aromatic heterocycles. The van der Waals surface area contributed by atoms with E-state index >= 15 is 0 Å². The quantitative estimate of drug-likeness (QED) is 0.572. The van der Waals surface area contributed by atoms with Crippen LogP contribution in [0.5, 0.6) is 0 Å². The van der Waals surface area contributed by atoms with Crippen molar-refractivity contribution in [3.05, 3.63) is 83.3 Å². The standard InChI is InChI=1S/C19H15Cl2N5/c1-3-7-17(22-4-2)19-23-25-26(24-19)14-9-5-8-13(12-14)15-10-6-11-16(20)18(15)21/h3-12H,2H2,1H3/b7-3-,22-17+. The third-order valence-electron chi connectivity index (χ3n) is 3.54. The number of rotatable bonds is 5. The van der Waals surface area contributed by atoms with Crippen molar-refractivity contribution in [2.75, 3.05) is 0 Å². The molecule has 1 heterocycles. The number of hydrogen-bond donors (Lipinski definition) is 0. The summed E-state index contributed by atoms with van der Waals surface area (Å²) in [6.07, 6.45) is 5.09. The van der Waals surface area contributed by atoms with E-state index in [-0.39, 0.29) is 0 Å². The molecule has 0 aliphatic rings. The summed E-state index contributed by atoms with van der Waals surface area (Å²) in [6.45, 7) is 5.50. The number of aromatic nitrogens is 4. The summed E-state index contributed by atoms with van der Waals surface area (Å²) in [6, 6.07) is 13.2. The van der Waals surface area contributed by atoms with Crippen molar-refractivity contribution in [2.45, 2.75) is 6.92 Å². The van der Waals surface area contributed by atoms with E-state index in [9.17, 15) is 0 Å². The van der Waals surface area contributed by atoms with Gasteiger partial charge in [0.2, 0.25) is 5.82 Å². The van der Waals surface area contributed by atoms with E-state index in [0.717, 1.165) is 16.8 Å². The van der Waals surface area contributed by atoms with Gasteiger partial charge in [0, 0.05) is 11.8 Å². The van der Waals surface area contributed by atoms with Crippen molar-refractivity contribution in [3.8, 4) is 16.8 Å². The number of nitrogens with zero attached hydrogens (tertiary/aromatic N) is 5. The molecule has 5 nitrogen and oxygen atoms in total. The Morgan fingerprint density at radius 1 is 1.19 bits per heavy atom. The van der Waals surface area contributed by atoms with Crippen molar-refractivity contribution >= 4 is 28.9 Å². The molecule has 3 rings (SSSR count). The van der Waals surface area contributed by atoms with Crippen molar-refractivity contribution in [1.82, 2.24) is 20.2 Å². The van der Waals surface area contributed by atoms with Crippen LogP contribution in [-0.2, 0) is 0 Å². The zero-order chi connectivity index (χ0) is 18.5. The minimum Gasteiger partial charge on any atom is -0.253 e. The van der Waals surface area contributed by atoms with Crippen LogP contribution >= 0.6 is 23.2 Å². The number of tetrazole rings is 1. The number of allylic oxidation sites excluding steroid dienone is 2. The Labute approximate surface area is 161 Å². The van der Waals surface area contributed by atoms with Crippen LogP contribution in [0.2, 0.25) is 10.0 Å². The van der Waals surface area contributed by atoms with Gasteiger partial charge in [-0.1, -0.05) is 60.1 Å². The third kappa shape index (κ3) is 3.74. The normalized spacial score (nSPS) is 11.9. The van der Waals surface area contributed by atoms with E-state index in [1.807, 2.05) is 49.4 Å². The van der Waals surface area contributed by atoms with Gasteiger partial charge in [-0.3, -0.25) is 4.99 Å². The smallest absolute Gasteiger partial charge is 0.223 e. The molecule has 0 amide bonds. The fraction of sp³-hybridized carbons (Fsp3) is 0.0526. The van der Waals surface area contributed by atoms with Crippen molar-refractivity contribution in [2.24, 2.45) is 4.99 Å². The molecule has 0 unspecified atom stereocenters. The summed E-state index contributed by atoms with van der Waals surface area (Å²) >= 11 is 12.4. The Hall–Kier alpha value is -2.76. The number of hydrogen-bond acceptors (Lipinski definition) is 4. The fourth-order valence-electron chi connectivity index (χ4n) is 2.38. The lowest BCUT2D eigenvalue weighted by atomic mass is 10.1. The first kappa shape index (κ1) is 18.0. The molecule has 3 aromatic rings. The zero-order valence-corrected chi connectivity index (χ0v) is 15.5. The minimum absolute atomic E-state index is 0.411. The molecule has 0 N–H and O–H groups in total. The van der Waals surface area contributed by atoms with E-state index in [0.29, 0.717) is 21.6 Å². The lowest BCUT2D eigenvalue weighted by Crippen LogP contribution is -2.02. The second-order valence-corrected chi connectivity index (χ2v) is 6.04. The van der Waals surface area contributed by atoms with Gasteiger partial charge in [0.25, 0.3) is 0 Å². The first-order valence-electron chi connectivity index (χ1n) is 7.80. The monoisotopic (exact) mass is 383 g/mol. The molecule has 130 valence electrons. The van der Waals surface area contributed by atoms with Crippen LogP contribution in [0.25, 0.3) is 16.8 Å². The van der Waals surface area contributed by atoms with Gasteiger partial charge >= 0.3 is 0 Å². The molecule has 0 aliphatic carbocycles. The van der Waals surface area contributed by atoms with Crippen LogP contribution in [0.4, 0.5) is 0 Å². The topological polar surface area (TPSA) is 56.0 Å². The summed E-state index contributed by atoms with van der Waals surface area (Å²) in [5.74, 6) is 0.411. The highest BCUT2D eigenvalue weighted by Crippen LogP contribution is 2.33. The van der Waals surface area contributed by atoms with Crippen LogP contribution in [0.15, 0.2) is 72.4 Å². The van der Waals surface area contributed by atoms with E-state index in [4.69, 9.17) is 23.2 Å². The van der Waals surface area contributed by atoms with Gasteiger partial charge < -0.3 is 0 Å². The van der Waals surface area contributed by atoms with E-state index in [1.165, 1.54) is 11.0 Å². The Morgan fingerprint density at radius 3 is 2.77 bits per heavy atom. The molecule has 0 fully saturated rings. The highest BCUT2D eigenvalue weighted by atomic mass is 35.5. The number of aliphatic imine (C=N–C) groups is 1. The molecule has 0 spiro atoms. The molecule has 26 heavy (non-hydrogen) atoms. The summed E-state index contributed by atoms with van der Waals surface area (Å²) in [7, 11) is 0.